The quantitative estimate of drug-likeness (QED) is 0.872. The molecular formula is C14H24N4. The van der Waals surface area contributed by atoms with Crippen molar-refractivity contribution < 1.29 is 0 Å². The van der Waals surface area contributed by atoms with Crippen LogP contribution in [0.25, 0.3) is 0 Å². The van der Waals surface area contributed by atoms with Gasteiger partial charge in [-0.15, -0.1) is 0 Å². The van der Waals surface area contributed by atoms with Crippen molar-refractivity contribution in [1.29, 1.82) is 0 Å². The first-order valence-corrected chi connectivity index (χ1v) is 7.26. The summed E-state index contributed by atoms with van der Waals surface area (Å²) in [7, 11) is 2.21. The maximum absolute atomic E-state index is 5.72. The van der Waals surface area contributed by atoms with Crippen LogP contribution in [-0.2, 0) is 19.4 Å². The summed E-state index contributed by atoms with van der Waals surface area (Å²) in [5.74, 6) is 1.98. The predicted octanol–water partition coefficient (Wildman–Crippen LogP) is 1.14. The summed E-state index contributed by atoms with van der Waals surface area (Å²) < 4.78 is 2.51. The second-order valence-corrected chi connectivity index (χ2v) is 5.76. The molecule has 2 aliphatic rings. The molecule has 0 spiro atoms. The number of rotatable bonds is 3. The number of nitrogens with two attached hydrogens (primary N) is 1. The Bertz CT molecular complexity index is 424. The lowest BCUT2D eigenvalue weighted by molar-refractivity contribution is 0.405. The minimum atomic E-state index is 0.637. The molecule has 1 fully saturated rings. The molecule has 1 atom stereocenters. The van der Waals surface area contributed by atoms with E-state index in [1.807, 2.05) is 0 Å². The van der Waals surface area contributed by atoms with Crippen LogP contribution < -0.4 is 5.73 Å². The van der Waals surface area contributed by atoms with E-state index in [0.29, 0.717) is 12.5 Å². The van der Waals surface area contributed by atoms with E-state index in [1.54, 1.807) is 0 Å². The molecule has 3 rings (SSSR count). The van der Waals surface area contributed by atoms with Gasteiger partial charge in [-0.25, -0.2) is 4.98 Å². The van der Waals surface area contributed by atoms with E-state index >= 15 is 0 Å². The van der Waals surface area contributed by atoms with Crippen molar-refractivity contribution in [2.24, 2.45) is 5.73 Å². The second kappa shape index (κ2) is 5.02. The first kappa shape index (κ1) is 12.2. The Balaban J connectivity index is 1.93. The standard InChI is InChI=1S/C14H24N4/c1-17-9-6-11(10-17)14-16-12(5-7-15)13-4-2-3-8-18(13)14/h11H,2-10,15H2,1H3. The average Bonchev–Trinajstić information content (AvgIpc) is 2.95. The van der Waals surface area contributed by atoms with Gasteiger partial charge in [0.15, 0.2) is 0 Å². The summed E-state index contributed by atoms with van der Waals surface area (Å²) in [6.07, 6.45) is 6.02. The van der Waals surface area contributed by atoms with Crippen molar-refractivity contribution in [3.63, 3.8) is 0 Å². The number of nitrogens with zero attached hydrogens (tertiary/aromatic N) is 3. The van der Waals surface area contributed by atoms with E-state index < -0.39 is 0 Å². The Labute approximate surface area is 109 Å². The fourth-order valence-corrected chi connectivity index (χ4v) is 3.44. The predicted molar refractivity (Wildman–Crippen MR) is 72.8 cm³/mol. The van der Waals surface area contributed by atoms with Gasteiger partial charge >= 0.3 is 0 Å². The highest BCUT2D eigenvalue weighted by atomic mass is 15.2. The van der Waals surface area contributed by atoms with Crippen LogP contribution in [0.3, 0.4) is 0 Å². The maximum Gasteiger partial charge on any atom is 0.113 e. The lowest BCUT2D eigenvalue weighted by Gasteiger charge is -2.19. The number of imidazole rings is 1. The number of likely N-dealkylation sites (tertiary alicyclic amines) is 1. The minimum Gasteiger partial charge on any atom is -0.331 e. The summed E-state index contributed by atoms with van der Waals surface area (Å²) >= 11 is 0. The summed E-state index contributed by atoms with van der Waals surface area (Å²) in [4.78, 5) is 7.37. The Morgan fingerprint density at radius 1 is 1.33 bits per heavy atom. The van der Waals surface area contributed by atoms with Gasteiger partial charge in [-0.1, -0.05) is 0 Å². The molecule has 100 valence electrons. The van der Waals surface area contributed by atoms with Gasteiger partial charge in [-0.3, -0.25) is 0 Å². The number of hydrogen-bond acceptors (Lipinski definition) is 3. The molecule has 1 aromatic heterocycles. The van der Waals surface area contributed by atoms with Crippen molar-refractivity contribution in [2.45, 2.75) is 44.6 Å². The fourth-order valence-electron chi connectivity index (χ4n) is 3.44. The number of likely N-dealkylation sites (N-methyl/N-ethyl adjacent to an activating group) is 1. The van der Waals surface area contributed by atoms with Crippen LogP contribution in [0.1, 0.15) is 42.4 Å². The third-order valence-corrected chi connectivity index (χ3v) is 4.37. The van der Waals surface area contributed by atoms with Crippen molar-refractivity contribution in [3.8, 4) is 0 Å². The van der Waals surface area contributed by atoms with Gasteiger partial charge in [0.1, 0.15) is 5.82 Å². The molecule has 2 N–H and O–H groups in total. The van der Waals surface area contributed by atoms with Gasteiger partial charge in [-0.2, -0.15) is 0 Å². The van der Waals surface area contributed by atoms with Crippen molar-refractivity contribution in [2.75, 3.05) is 26.7 Å². The zero-order valence-corrected chi connectivity index (χ0v) is 11.4. The first-order chi connectivity index (χ1) is 8.79. The zero-order valence-electron chi connectivity index (χ0n) is 11.4. The number of hydrogen-bond donors (Lipinski definition) is 1. The van der Waals surface area contributed by atoms with Crippen LogP contribution >= 0.6 is 0 Å². The molecule has 2 aliphatic heterocycles. The number of aromatic nitrogens is 2. The molecule has 1 unspecified atom stereocenters. The van der Waals surface area contributed by atoms with Crippen LogP contribution in [0.2, 0.25) is 0 Å². The molecule has 0 amide bonds. The van der Waals surface area contributed by atoms with Crippen molar-refractivity contribution in [1.82, 2.24) is 14.5 Å². The van der Waals surface area contributed by atoms with Crippen LogP contribution in [0.5, 0.6) is 0 Å². The lowest BCUT2D eigenvalue weighted by atomic mass is 10.1. The van der Waals surface area contributed by atoms with Gasteiger partial charge in [-0.05, 0) is 45.8 Å². The van der Waals surface area contributed by atoms with E-state index in [-0.39, 0.29) is 0 Å². The maximum atomic E-state index is 5.72. The Kier molecular flexibility index (Phi) is 3.39. The Morgan fingerprint density at radius 3 is 2.94 bits per heavy atom. The highest BCUT2D eigenvalue weighted by molar-refractivity contribution is 5.22. The van der Waals surface area contributed by atoms with Crippen LogP contribution in [0.4, 0.5) is 0 Å². The van der Waals surface area contributed by atoms with Gasteiger partial charge in [0.2, 0.25) is 0 Å². The molecule has 0 aromatic carbocycles. The summed E-state index contributed by atoms with van der Waals surface area (Å²) in [5, 5.41) is 0. The molecule has 0 radical (unpaired) electrons. The SMILES string of the molecule is CN1CCC(c2nc(CCN)c3n2CCCC3)C1. The lowest BCUT2D eigenvalue weighted by Crippen LogP contribution is -2.18. The van der Waals surface area contributed by atoms with E-state index in [9.17, 15) is 0 Å². The van der Waals surface area contributed by atoms with E-state index in [0.717, 1.165) is 6.42 Å². The normalized spacial score (nSPS) is 24.4. The molecule has 1 saturated heterocycles. The smallest absolute Gasteiger partial charge is 0.113 e. The molecule has 1 aromatic rings. The topological polar surface area (TPSA) is 47.1 Å². The fraction of sp³-hybridized carbons (Fsp3) is 0.786. The molecular weight excluding hydrogens is 224 g/mol. The zero-order chi connectivity index (χ0) is 12.5. The minimum absolute atomic E-state index is 0.637. The summed E-state index contributed by atoms with van der Waals surface area (Å²) in [6, 6.07) is 0. The number of fused-ring (bicyclic) bond motifs is 1. The third-order valence-electron chi connectivity index (χ3n) is 4.37. The monoisotopic (exact) mass is 248 g/mol. The summed E-state index contributed by atoms with van der Waals surface area (Å²) in [6.45, 7) is 4.26. The molecule has 3 heterocycles. The highest BCUT2D eigenvalue weighted by Gasteiger charge is 2.28. The van der Waals surface area contributed by atoms with Crippen LogP contribution in [-0.4, -0.2) is 41.1 Å². The van der Waals surface area contributed by atoms with Crippen molar-refractivity contribution in [3.05, 3.63) is 17.2 Å². The van der Waals surface area contributed by atoms with Gasteiger partial charge in [0.25, 0.3) is 0 Å². The molecule has 0 aliphatic carbocycles. The van der Waals surface area contributed by atoms with Gasteiger partial charge in [0.05, 0.1) is 5.69 Å². The molecule has 0 saturated carbocycles. The van der Waals surface area contributed by atoms with Gasteiger partial charge < -0.3 is 15.2 Å². The van der Waals surface area contributed by atoms with E-state index in [1.165, 1.54) is 62.5 Å². The van der Waals surface area contributed by atoms with Crippen molar-refractivity contribution >= 4 is 0 Å². The summed E-state index contributed by atoms with van der Waals surface area (Å²) in [5.41, 5.74) is 8.48. The highest BCUT2D eigenvalue weighted by Crippen LogP contribution is 2.30. The first-order valence-electron chi connectivity index (χ1n) is 7.26. The second-order valence-electron chi connectivity index (χ2n) is 5.76. The Morgan fingerprint density at radius 2 is 2.22 bits per heavy atom. The largest absolute Gasteiger partial charge is 0.331 e. The van der Waals surface area contributed by atoms with E-state index in [4.69, 9.17) is 10.7 Å². The van der Waals surface area contributed by atoms with Gasteiger partial charge in [0, 0.05) is 31.1 Å². The van der Waals surface area contributed by atoms with Crippen LogP contribution in [0.15, 0.2) is 0 Å². The molecule has 4 nitrogen and oxygen atoms in total. The Hall–Kier alpha value is -0.870. The average molecular weight is 248 g/mol. The molecule has 4 heteroatoms. The molecule has 0 bridgehead atoms. The van der Waals surface area contributed by atoms with E-state index in [2.05, 4.69) is 16.5 Å². The third kappa shape index (κ3) is 2.08. The van der Waals surface area contributed by atoms with Crippen LogP contribution in [0, 0.1) is 0 Å². The molecule has 18 heavy (non-hydrogen) atoms.